The number of hydrogen-bond donors (Lipinski definition) is 1. The van der Waals surface area contributed by atoms with Crippen LogP contribution in [-0.2, 0) is 10.0 Å². The molecule has 1 aliphatic rings. The molecule has 0 unspecified atom stereocenters. The van der Waals surface area contributed by atoms with Crippen molar-refractivity contribution in [3.8, 4) is 0 Å². The van der Waals surface area contributed by atoms with Gasteiger partial charge in [0.15, 0.2) is 0 Å². The van der Waals surface area contributed by atoms with E-state index < -0.39 is 10.0 Å². The molecule has 1 saturated heterocycles. The summed E-state index contributed by atoms with van der Waals surface area (Å²) in [4.78, 5) is 12.3. The molecule has 0 bridgehead atoms. The number of carbonyl (C=O) groups is 1. The molecular formula is C16H24N2O3S. The van der Waals surface area contributed by atoms with E-state index in [1.165, 1.54) is 10.4 Å². The van der Waals surface area contributed by atoms with Gasteiger partial charge in [0.2, 0.25) is 10.0 Å². The lowest BCUT2D eigenvalue weighted by molar-refractivity contribution is 0.0953. The van der Waals surface area contributed by atoms with Crippen LogP contribution in [0.1, 0.15) is 49.4 Å². The minimum absolute atomic E-state index is 0.206. The van der Waals surface area contributed by atoms with Gasteiger partial charge >= 0.3 is 0 Å². The SMILES string of the molecule is CCCCNC(=O)c1cccc(S(=O)(=O)N2CCCCC2)c1. The van der Waals surface area contributed by atoms with E-state index in [1.54, 1.807) is 18.2 Å². The molecule has 1 heterocycles. The third-order valence-electron chi connectivity index (χ3n) is 3.86. The standard InChI is InChI=1S/C16H24N2O3S/c1-2-3-10-17-16(19)14-8-7-9-15(13-14)22(20,21)18-11-5-4-6-12-18/h7-9,13H,2-6,10-12H2,1H3,(H,17,19). The summed E-state index contributed by atoms with van der Waals surface area (Å²) >= 11 is 0. The number of amides is 1. The van der Waals surface area contributed by atoms with E-state index in [0.717, 1.165) is 32.1 Å². The van der Waals surface area contributed by atoms with Crippen molar-refractivity contribution in [1.29, 1.82) is 0 Å². The molecule has 22 heavy (non-hydrogen) atoms. The number of sulfonamides is 1. The highest BCUT2D eigenvalue weighted by Gasteiger charge is 2.26. The molecule has 0 atom stereocenters. The summed E-state index contributed by atoms with van der Waals surface area (Å²) in [5.74, 6) is -0.218. The molecule has 6 heteroatoms. The summed E-state index contributed by atoms with van der Waals surface area (Å²) in [5, 5.41) is 2.81. The Balaban J connectivity index is 2.15. The van der Waals surface area contributed by atoms with Crippen molar-refractivity contribution in [2.75, 3.05) is 19.6 Å². The number of nitrogens with one attached hydrogen (secondary N) is 1. The second-order valence-corrected chi connectivity index (χ2v) is 7.54. The Kier molecular flexibility index (Phi) is 5.97. The summed E-state index contributed by atoms with van der Waals surface area (Å²) < 4.78 is 26.8. The number of piperidine rings is 1. The Morgan fingerprint density at radius 1 is 1.23 bits per heavy atom. The largest absolute Gasteiger partial charge is 0.352 e. The third-order valence-corrected chi connectivity index (χ3v) is 5.76. The normalized spacial score (nSPS) is 16.4. The Morgan fingerprint density at radius 2 is 1.95 bits per heavy atom. The van der Waals surface area contributed by atoms with E-state index in [0.29, 0.717) is 25.2 Å². The van der Waals surface area contributed by atoms with E-state index in [1.807, 2.05) is 0 Å². The number of carbonyl (C=O) groups excluding carboxylic acids is 1. The predicted molar refractivity (Wildman–Crippen MR) is 86.3 cm³/mol. The van der Waals surface area contributed by atoms with Crippen molar-refractivity contribution < 1.29 is 13.2 Å². The van der Waals surface area contributed by atoms with Gasteiger partial charge in [-0.2, -0.15) is 4.31 Å². The van der Waals surface area contributed by atoms with E-state index in [2.05, 4.69) is 12.2 Å². The Hall–Kier alpha value is -1.40. The van der Waals surface area contributed by atoms with Crippen molar-refractivity contribution in [1.82, 2.24) is 9.62 Å². The van der Waals surface area contributed by atoms with Crippen molar-refractivity contribution in [2.24, 2.45) is 0 Å². The molecule has 2 rings (SSSR count). The number of rotatable bonds is 6. The van der Waals surface area contributed by atoms with Crippen LogP contribution in [0.4, 0.5) is 0 Å². The highest BCUT2D eigenvalue weighted by Crippen LogP contribution is 2.21. The fraction of sp³-hybridized carbons (Fsp3) is 0.562. The molecule has 0 spiro atoms. The zero-order valence-corrected chi connectivity index (χ0v) is 13.9. The van der Waals surface area contributed by atoms with Gasteiger partial charge in [-0.25, -0.2) is 8.42 Å². The molecule has 5 nitrogen and oxygen atoms in total. The van der Waals surface area contributed by atoms with Gasteiger partial charge in [0.25, 0.3) is 5.91 Å². The maximum absolute atomic E-state index is 12.6. The van der Waals surface area contributed by atoms with E-state index >= 15 is 0 Å². The molecule has 0 radical (unpaired) electrons. The summed E-state index contributed by atoms with van der Waals surface area (Å²) in [5.41, 5.74) is 0.397. The van der Waals surface area contributed by atoms with Crippen LogP contribution < -0.4 is 5.32 Å². The summed E-state index contributed by atoms with van der Waals surface area (Å²) in [6.45, 7) is 3.79. The molecular weight excluding hydrogens is 300 g/mol. The minimum Gasteiger partial charge on any atom is -0.352 e. The molecule has 122 valence electrons. The second-order valence-electron chi connectivity index (χ2n) is 5.60. The Bertz CT molecular complexity index is 608. The Labute approximate surface area is 132 Å². The first-order valence-electron chi connectivity index (χ1n) is 7.94. The van der Waals surface area contributed by atoms with Crippen LogP contribution in [0.2, 0.25) is 0 Å². The molecule has 1 N–H and O–H groups in total. The summed E-state index contributed by atoms with van der Waals surface area (Å²) in [6, 6.07) is 6.32. The van der Waals surface area contributed by atoms with Gasteiger partial charge in [0.05, 0.1) is 4.90 Å². The van der Waals surface area contributed by atoms with Crippen molar-refractivity contribution in [3.63, 3.8) is 0 Å². The van der Waals surface area contributed by atoms with Gasteiger partial charge in [-0.1, -0.05) is 25.8 Å². The average Bonchev–Trinajstić information content (AvgIpc) is 2.56. The number of nitrogens with zero attached hydrogens (tertiary/aromatic N) is 1. The van der Waals surface area contributed by atoms with E-state index in [9.17, 15) is 13.2 Å². The lowest BCUT2D eigenvalue weighted by Crippen LogP contribution is -2.35. The quantitative estimate of drug-likeness (QED) is 0.817. The van der Waals surface area contributed by atoms with Crippen molar-refractivity contribution in [3.05, 3.63) is 29.8 Å². The van der Waals surface area contributed by atoms with Gasteiger partial charge < -0.3 is 5.32 Å². The maximum Gasteiger partial charge on any atom is 0.251 e. The summed E-state index contributed by atoms with van der Waals surface area (Å²) in [6.07, 6.45) is 4.79. The van der Waals surface area contributed by atoms with Crippen molar-refractivity contribution >= 4 is 15.9 Å². The molecule has 1 fully saturated rings. The van der Waals surface area contributed by atoms with Crippen molar-refractivity contribution in [2.45, 2.75) is 43.9 Å². The van der Waals surface area contributed by atoms with Crippen LogP contribution in [0, 0.1) is 0 Å². The average molecular weight is 324 g/mol. The lowest BCUT2D eigenvalue weighted by Gasteiger charge is -2.26. The number of hydrogen-bond acceptors (Lipinski definition) is 3. The fourth-order valence-electron chi connectivity index (χ4n) is 2.53. The van der Waals surface area contributed by atoms with Crippen LogP contribution in [0.5, 0.6) is 0 Å². The molecule has 0 aliphatic carbocycles. The van der Waals surface area contributed by atoms with Gasteiger partial charge in [0, 0.05) is 25.2 Å². The molecule has 1 aromatic carbocycles. The smallest absolute Gasteiger partial charge is 0.251 e. The fourth-order valence-corrected chi connectivity index (χ4v) is 4.10. The van der Waals surface area contributed by atoms with Gasteiger partial charge in [-0.15, -0.1) is 0 Å². The minimum atomic E-state index is -3.49. The van der Waals surface area contributed by atoms with E-state index in [4.69, 9.17) is 0 Å². The maximum atomic E-state index is 12.6. The molecule has 0 aromatic heterocycles. The predicted octanol–water partition coefficient (Wildman–Crippen LogP) is 2.39. The molecule has 0 saturated carbocycles. The second kappa shape index (κ2) is 7.74. The van der Waals surface area contributed by atoms with E-state index in [-0.39, 0.29) is 10.8 Å². The van der Waals surface area contributed by atoms with Gasteiger partial charge in [0.1, 0.15) is 0 Å². The number of unbranched alkanes of at least 4 members (excludes halogenated alkanes) is 1. The Morgan fingerprint density at radius 3 is 2.64 bits per heavy atom. The van der Waals surface area contributed by atoms with Gasteiger partial charge in [-0.3, -0.25) is 4.79 Å². The number of benzene rings is 1. The zero-order chi connectivity index (χ0) is 16.0. The third kappa shape index (κ3) is 4.08. The van der Waals surface area contributed by atoms with Crippen LogP contribution in [0.25, 0.3) is 0 Å². The van der Waals surface area contributed by atoms with Gasteiger partial charge in [-0.05, 0) is 37.5 Å². The topological polar surface area (TPSA) is 66.5 Å². The first-order valence-corrected chi connectivity index (χ1v) is 9.38. The molecule has 1 aliphatic heterocycles. The lowest BCUT2D eigenvalue weighted by atomic mass is 10.2. The highest BCUT2D eigenvalue weighted by molar-refractivity contribution is 7.89. The zero-order valence-electron chi connectivity index (χ0n) is 13.0. The summed E-state index contributed by atoms with van der Waals surface area (Å²) in [7, 11) is -3.49. The van der Waals surface area contributed by atoms with Crippen LogP contribution in [-0.4, -0.2) is 38.3 Å². The molecule has 1 amide bonds. The van der Waals surface area contributed by atoms with Crippen LogP contribution in [0.3, 0.4) is 0 Å². The molecule has 1 aromatic rings. The first kappa shape index (κ1) is 17.0. The first-order chi connectivity index (χ1) is 10.6. The monoisotopic (exact) mass is 324 g/mol. The van der Waals surface area contributed by atoms with Crippen LogP contribution >= 0.6 is 0 Å². The van der Waals surface area contributed by atoms with Crippen LogP contribution in [0.15, 0.2) is 29.2 Å². The highest BCUT2D eigenvalue weighted by atomic mass is 32.2.